The molecule has 2 aromatic heterocycles. The Bertz CT molecular complexity index is 1280. The molecule has 1 N–H and O–H groups in total. The Morgan fingerprint density at radius 1 is 1.07 bits per heavy atom. The number of fused-ring (bicyclic) bond motifs is 3. The van der Waals surface area contributed by atoms with E-state index in [2.05, 4.69) is 5.32 Å². The van der Waals surface area contributed by atoms with Crippen molar-refractivity contribution in [2.75, 3.05) is 0 Å². The van der Waals surface area contributed by atoms with Crippen LogP contribution in [-0.4, -0.2) is 5.91 Å². The van der Waals surface area contributed by atoms with Crippen LogP contribution in [-0.2, 0) is 11.2 Å². The van der Waals surface area contributed by atoms with E-state index in [1.807, 2.05) is 64.1 Å². The summed E-state index contributed by atoms with van der Waals surface area (Å²) in [4.78, 5) is 25.3. The van der Waals surface area contributed by atoms with Crippen LogP contribution in [0.1, 0.15) is 40.8 Å². The first-order chi connectivity index (χ1) is 13.9. The van der Waals surface area contributed by atoms with E-state index in [1.165, 1.54) is 0 Å². The molecule has 1 amide bonds. The molecule has 0 aliphatic carbocycles. The Balaban J connectivity index is 1.72. The first kappa shape index (κ1) is 19.0. The van der Waals surface area contributed by atoms with Crippen LogP contribution in [0.4, 0.5) is 0 Å². The number of carbonyl (C=O) groups excluding carboxylic acids is 1. The van der Waals surface area contributed by atoms with Crippen molar-refractivity contribution in [3.63, 3.8) is 0 Å². The number of carbonyl (C=O) groups is 1. The van der Waals surface area contributed by atoms with Gasteiger partial charge in [0.2, 0.25) is 5.91 Å². The molecular weight excluding hydrogens is 366 g/mol. The summed E-state index contributed by atoms with van der Waals surface area (Å²) in [5.41, 5.74) is 4.79. The van der Waals surface area contributed by atoms with Gasteiger partial charge < -0.3 is 14.2 Å². The third-order valence-corrected chi connectivity index (χ3v) is 5.48. The van der Waals surface area contributed by atoms with E-state index in [0.29, 0.717) is 16.7 Å². The van der Waals surface area contributed by atoms with E-state index < -0.39 is 5.63 Å². The molecule has 2 heterocycles. The summed E-state index contributed by atoms with van der Waals surface area (Å²) in [6, 6.07) is 11.4. The highest BCUT2D eigenvalue weighted by atomic mass is 16.4. The zero-order chi connectivity index (χ0) is 20.7. The van der Waals surface area contributed by atoms with Crippen LogP contribution in [0.5, 0.6) is 0 Å². The summed E-state index contributed by atoms with van der Waals surface area (Å²) in [6.45, 7) is 7.71. The van der Waals surface area contributed by atoms with Crippen molar-refractivity contribution in [2.24, 2.45) is 0 Å². The van der Waals surface area contributed by atoms with E-state index in [1.54, 1.807) is 6.26 Å². The van der Waals surface area contributed by atoms with Crippen LogP contribution in [0.3, 0.4) is 0 Å². The van der Waals surface area contributed by atoms with Crippen molar-refractivity contribution in [1.82, 2.24) is 5.32 Å². The minimum atomic E-state index is -0.487. The molecule has 0 saturated carbocycles. The van der Waals surface area contributed by atoms with Gasteiger partial charge in [0.1, 0.15) is 11.2 Å². The molecule has 0 unspecified atom stereocenters. The van der Waals surface area contributed by atoms with Crippen LogP contribution in [0.25, 0.3) is 21.9 Å². The summed E-state index contributed by atoms with van der Waals surface area (Å²) in [5, 5.41) is 4.72. The first-order valence-corrected chi connectivity index (χ1v) is 9.64. The van der Waals surface area contributed by atoms with Gasteiger partial charge in [-0.05, 0) is 56.0 Å². The minimum Gasteiger partial charge on any atom is -0.463 e. The maximum Gasteiger partial charge on any atom is 0.340 e. The Morgan fingerprint density at radius 3 is 2.52 bits per heavy atom. The Morgan fingerprint density at radius 2 is 1.79 bits per heavy atom. The molecule has 0 radical (unpaired) electrons. The summed E-state index contributed by atoms with van der Waals surface area (Å²) >= 11 is 0. The van der Waals surface area contributed by atoms with Crippen LogP contribution in [0, 0.1) is 20.8 Å². The monoisotopic (exact) mass is 389 g/mol. The molecule has 2 aromatic carbocycles. The topological polar surface area (TPSA) is 72.5 Å². The van der Waals surface area contributed by atoms with E-state index in [4.69, 9.17) is 8.83 Å². The molecule has 0 aliphatic heterocycles. The molecule has 148 valence electrons. The maximum atomic E-state index is 12.6. The fraction of sp³-hybridized carbons (Fsp3) is 0.250. The van der Waals surface area contributed by atoms with Crippen LogP contribution in [0.2, 0.25) is 0 Å². The minimum absolute atomic E-state index is 0.0453. The molecule has 0 saturated heterocycles. The largest absolute Gasteiger partial charge is 0.463 e. The lowest BCUT2D eigenvalue weighted by atomic mass is 9.98. The molecule has 0 aliphatic rings. The highest BCUT2D eigenvalue weighted by Crippen LogP contribution is 2.34. The van der Waals surface area contributed by atoms with Crippen molar-refractivity contribution in [3.05, 3.63) is 80.9 Å². The molecule has 29 heavy (non-hydrogen) atoms. The number of furan rings is 1. The standard InChI is InChI=1S/C24H23NO4/c1-13-10-19-22(23-21(13)14(2)12-28-23)15(3)18(24(27)29-19)11-20(26)25-16(4)17-8-6-5-7-9-17/h5-10,12,16H,11H2,1-4H3,(H,25,26)/t16-/m1/s1. The molecule has 0 fully saturated rings. The van der Waals surface area contributed by atoms with Crippen LogP contribution in [0.15, 0.2) is 56.3 Å². The fourth-order valence-corrected chi connectivity index (χ4v) is 3.96. The zero-order valence-corrected chi connectivity index (χ0v) is 17.0. The fourth-order valence-electron chi connectivity index (χ4n) is 3.96. The van der Waals surface area contributed by atoms with Crippen LogP contribution >= 0.6 is 0 Å². The average Bonchev–Trinajstić information content (AvgIpc) is 3.07. The summed E-state index contributed by atoms with van der Waals surface area (Å²) in [7, 11) is 0. The number of benzene rings is 2. The van der Waals surface area contributed by atoms with Gasteiger partial charge in [-0.15, -0.1) is 0 Å². The SMILES string of the molecule is Cc1coc2c1c(C)cc1oc(=O)c(CC(=O)N[C@H](C)c3ccccc3)c(C)c12. The van der Waals surface area contributed by atoms with E-state index in [0.717, 1.165) is 33.0 Å². The number of rotatable bonds is 4. The third-order valence-electron chi connectivity index (χ3n) is 5.48. The lowest BCUT2D eigenvalue weighted by Crippen LogP contribution is -2.30. The number of hydrogen-bond acceptors (Lipinski definition) is 4. The van der Waals surface area contributed by atoms with Gasteiger partial charge in [0.25, 0.3) is 0 Å². The molecule has 5 nitrogen and oxygen atoms in total. The number of nitrogens with one attached hydrogen (secondary N) is 1. The summed E-state index contributed by atoms with van der Waals surface area (Å²) in [6.07, 6.45) is 1.66. The average molecular weight is 389 g/mol. The van der Waals surface area contributed by atoms with Crippen LogP contribution < -0.4 is 10.9 Å². The highest BCUT2D eigenvalue weighted by Gasteiger charge is 2.20. The second-order valence-electron chi connectivity index (χ2n) is 7.56. The Kier molecular flexibility index (Phi) is 4.74. The lowest BCUT2D eigenvalue weighted by Gasteiger charge is -2.15. The first-order valence-electron chi connectivity index (χ1n) is 9.64. The van der Waals surface area contributed by atoms with Gasteiger partial charge in [-0.25, -0.2) is 4.79 Å². The summed E-state index contributed by atoms with van der Waals surface area (Å²) in [5.74, 6) is -0.227. The van der Waals surface area contributed by atoms with Gasteiger partial charge in [0.05, 0.1) is 29.7 Å². The second-order valence-corrected chi connectivity index (χ2v) is 7.56. The van der Waals surface area contributed by atoms with Crippen molar-refractivity contribution < 1.29 is 13.6 Å². The molecule has 1 atom stereocenters. The maximum absolute atomic E-state index is 12.6. The quantitative estimate of drug-likeness (QED) is 0.505. The van der Waals surface area contributed by atoms with E-state index in [9.17, 15) is 9.59 Å². The Labute approximate surface area is 168 Å². The smallest absolute Gasteiger partial charge is 0.340 e. The molecule has 5 heteroatoms. The predicted octanol–water partition coefficient (Wildman–Crippen LogP) is 4.88. The molecule has 0 bridgehead atoms. The summed E-state index contributed by atoms with van der Waals surface area (Å²) < 4.78 is 11.4. The zero-order valence-electron chi connectivity index (χ0n) is 17.0. The van der Waals surface area contributed by atoms with Gasteiger partial charge in [0.15, 0.2) is 0 Å². The van der Waals surface area contributed by atoms with Crippen molar-refractivity contribution in [2.45, 2.75) is 40.2 Å². The van der Waals surface area contributed by atoms with Crippen molar-refractivity contribution >= 4 is 27.8 Å². The number of hydrogen-bond donors (Lipinski definition) is 1. The third kappa shape index (κ3) is 3.33. The highest BCUT2D eigenvalue weighted by molar-refractivity contribution is 6.07. The van der Waals surface area contributed by atoms with Gasteiger partial charge in [-0.3, -0.25) is 4.79 Å². The molecule has 4 aromatic rings. The van der Waals surface area contributed by atoms with E-state index in [-0.39, 0.29) is 18.4 Å². The Hall–Kier alpha value is -3.34. The molecule has 4 rings (SSSR count). The van der Waals surface area contributed by atoms with Gasteiger partial charge in [0, 0.05) is 5.39 Å². The lowest BCUT2D eigenvalue weighted by molar-refractivity contribution is -0.121. The number of aryl methyl sites for hydroxylation is 3. The van der Waals surface area contributed by atoms with E-state index >= 15 is 0 Å². The molecule has 0 spiro atoms. The predicted molar refractivity (Wildman–Crippen MR) is 113 cm³/mol. The second kappa shape index (κ2) is 7.24. The van der Waals surface area contributed by atoms with Gasteiger partial charge >= 0.3 is 5.63 Å². The van der Waals surface area contributed by atoms with Crippen molar-refractivity contribution in [1.29, 1.82) is 0 Å². The normalized spacial score (nSPS) is 12.4. The van der Waals surface area contributed by atoms with Gasteiger partial charge in [-0.1, -0.05) is 30.3 Å². The number of amides is 1. The molecular formula is C24H23NO4. The van der Waals surface area contributed by atoms with Gasteiger partial charge in [-0.2, -0.15) is 0 Å². The van der Waals surface area contributed by atoms with Crippen molar-refractivity contribution in [3.8, 4) is 0 Å².